The highest BCUT2D eigenvalue weighted by molar-refractivity contribution is 6.38. The number of methoxy groups -OCH3 is 1. The van der Waals surface area contributed by atoms with Crippen LogP contribution in [0.25, 0.3) is 0 Å². The first kappa shape index (κ1) is 10.0. The van der Waals surface area contributed by atoms with Gasteiger partial charge in [-0.15, -0.1) is 0 Å². The van der Waals surface area contributed by atoms with Crippen LogP contribution in [0.3, 0.4) is 0 Å². The van der Waals surface area contributed by atoms with Gasteiger partial charge in [-0.3, -0.25) is 10.2 Å². The van der Waals surface area contributed by atoms with Crippen LogP contribution in [0, 0.1) is 5.41 Å². The second-order valence-corrected chi connectivity index (χ2v) is 1.93. The number of nitrogens with one attached hydrogen (secondary N) is 1. The molecule has 0 fully saturated rings. The fraction of sp³-hybridized carbons (Fsp3) is 0.667. The molecule has 0 amide bonds. The summed E-state index contributed by atoms with van der Waals surface area (Å²) in [7, 11) is 2.61. The molecule has 0 spiro atoms. The SMILES string of the molecule is CCC([B]OC=N)C(=O)OC. The molecule has 0 heterocycles. The van der Waals surface area contributed by atoms with E-state index in [1.165, 1.54) is 14.6 Å². The third-order valence-electron chi connectivity index (χ3n) is 1.25. The molecule has 0 aromatic rings. The molecule has 0 aliphatic rings. The highest BCUT2D eigenvalue weighted by Gasteiger charge is 2.19. The van der Waals surface area contributed by atoms with E-state index in [4.69, 9.17) is 5.41 Å². The van der Waals surface area contributed by atoms with Crippen LogP contribution in [0.2, 0.25) is 5.82 Å². The number of hydrogen-bond acceptors (Lipinski definition) is 4. The minimum atomic E-state index is -0.374. The van der Waals surface area contributed by atoms with Gasteiger partial charge in [-0.2, -0.15) is 0 Å². The lowest BCUT2D eigenvalue weighted by atomic mass is 9.78. The molecule has 1 unspecified atom stereocenters. The maximum Gasteiger partial charge on any atom is 0.386 e. The highest BCUT2D eigenvalue weighted by atomic mass is 16.5. The van der Waals surface area contributed by atoms with Crippen molar-refractivity contribution in [3.63, 3.8) is 0 Å². The molecule has 5 heteroatoms. The Morgan fingerprint density at radius 2 is 2.45 bits per heavy atom. The molecule has 0 aliphatic heterocycles. The molecule has 0 rings (SSSR count). The summed E-state index contributed by atoms with van der Waals surface area (Å²) in [6.07, 6.45) is 1.38. The molecule has 0 aromatic heterocycles. The lowest BCUT2D eigenvalue weighted by molar-refractivity contribution is -0.140. The van der Waals surface area contributed by atoms with E-state index in [2.05, 4.69) is 9.39 Å². The van der Waals surface area contributed by atoms with Crippen molar-refractivity contribution in [2.75, 3.05) is 7.11 Å². The molecule has 0 saturated heterocycles. The standard InChI is InChI=1S/C6H11BNO3/c1-3-5(6(9)10-2)7-11-4-8/h4-5,8H,3H2,1-2H3. The van der Waals surface area contributed by atoms with E-state index in [1.807, 2.05) is 6.92 Å². The summed E-state index contributed by atoms with van der Waals surface area (Å²) in [6, 6.07) is 0. The summed E-state index contributed by atoms with van der Waals surface area (Å²) < 4.78 is 9.00. The molecule has 0 bridgehead atoms. The molecular formula is C6H11BNO3. The van der Waals surface area contributed by atoms with Gasteiger partial charge in [-0.25, -0.2) is 0 Å². The van der Waals surface area contributed by atoms with Crippen molar-refractivity contribution in [2.24, 2.45) is 0 Å². The van der Waals surface area contributed by atoms with E-state index < -0.39 is 0 Å². The molecule has 0 aromatic carbocycles. The Labute approximate surface area is 66.7 Å². The van der Waals surface area contributed by atoms with Gasteiger partial charge in [0.15, 0.2) is 0 Å². The maximum absolute atomic E-state index is 10.8. The second kappa shape index (κ2) is 5.76. The Bertz CT molecular complexity index is 140. The van der Waals surface area contributed by atoms with Gasteiger partial charge in [0.25, 0.3) is 0 Å². The average molecular weight is 156 g/mol. The fourth-order valence-corrected chi connectivity index (χ4v) is 0.604. The normalized spacial score (nSPS) is 11.5. The molecule has 0 saturated carbocycles. The quantitative estimate of drug-likeness (QED) is 0.274. The third kappa shape index (κ3) is 3.65. The zero-order valence-corrected chi connectivity index (χ0v) is 6.66. The van der Waals surface area contributed by atoms with E-state index in [1.54, 1.807) is 0 Å². The van der Waals surface area contributed by atoms with Crippen LogP contribution < -0.4 is 0 Å². The first-order valence-electron chi connectivity index (χ1n) is 3.31. The van der Waals surface area contributed by atoms with Crippen LogP contribution in [0.1, 0.15) is 13.3 Å². The molecule has 0 aliphatic carbocycles. The number of esters is 1. The Morgan fingerprint density at radius 3 is 2.82 bits per heavy atom. The largest absolute Gasteiger partial charge is 0.555 e. The van der Waals surface area contributed by atoms with E-state index in [0.29, 0.717) is 6.42 Å². The summed E-state index contributed by atoms with van der Waals surface area (Å²) >= 11 is 0. The second-order valence-electron chi connectivity index (χ2n) is 1.93. The van der Waals surface area contributed by atoms with Crippen molar-refractivity contribution in [1.82, 2.24) is 0 Å². The van der Waals surface area contributed by atoms with Gasteiger partial charge in [0.05, 0.1) is 12.9 Å². The summed E-state index contributed by atoms with van der Waals surface area (Å²) in [5.41, 5.74) is 0. The van der Waals surface area contributed by atoms with E-state index >= 15 is 0 Å². The van der Waals surface area contributed by atoms with Gasteiger partial charge < -0.3 is 9.39 Å². The van der Waals surface area contributed by atoms with Gasteiger partial charge in [0, 0.05) is 0 Å². The lowest BCUT2D eigenvalue weighted by Crippen LogP contribution is -2.17. The molecule has 4 nitrogen and oxygen atoms in total. The van der Waals surface area contributed by atoms with Crippen LogP contribution in [-0.4, -0.2) is 27.0 Å². The number of ether oxygens (including phenoxy) is 1. The van der Waals surface area contributed by atoms with E-state index in [-0.39, 0.29) is 11.8 Å². The third-order valence-corrected chi connectivity index (χ3v) is 1.25. The van der Waals surface area contributed by atoms with E-state index in [9.17, 15) is 4.79 Å². The maximum atomic E-state index is 10.8. The molecule has 1 N–H and O–H groups in total. The highest BCUT2D eigenvalue weighted by Crippen LogP contribution is 2.09. The van der Waals surface area contributed by atoms with Gasteiger partial charge in [0.2, 0.25) is 0 Å². The smallest absolute Gasteiger partial charge is 0.386 e. The van der Waals surface area contributed by atoms with E-state index in [0.717, 1.165) is 6.40 Å². The average Bonchev–Trinajstić information content (AvgIpc) is 2.05. The Morgan fingerprint density at radius 1 is 1.82 bits per heavy atom. The molecular weight excluding hydrogens is 145 g/mol. The van der Waals surface area contributed by atoms with Gasteiger partial charge in [-0.05, 0) is 6.42 Å². The first-order chi connectivity index (χ1) is 5.26. The zero-order valence-electron chi connectivity index (χ0n) is 6.66. The summed E-state index contributed by atoms with van der Waals surface area (Å²) in [6.45, 7) is 1.84. The predicted molar refractivity (Wildman–Crippen MR) is 41.7 cm³/mol. The Balaban J connectivity index is 3.74. The van der Waals surface area contributed by atoms with Crippen LogP contribution in [0.5, 0.6) is 0 Å². The number of rotatable bonds is 5. The molecule has 61 valence electrons. The topological polar surface area (TPSA) is 59.4 Å². The van der Waals surface area contributed by atoms with Gasteiger partial charge >= 0.3 is 13.5 Å². The minimum absolute atomic E-state index is 0.339. The number of hydrogen-bond donors (Lipinski definition) is 1. The Kier molecular flexibility index (Phi) is 5.24. The van der Waals surface area contributed by atoms with Crippen molar-refractivity contribution >= 4 is 19.9 Å². The van der Waals surface area contributed by atoms with Crippen molar-refractivity contribution in [2.45, 2.75) is 19.2 Å². The lowest BCUT2D eigenvalue weighted by Gasteiger charge is -2.07. The number of carbonyl (C=O) groups is 1. The first-order valence-corrected chi connectivity index (χ1v) is 3.31. The van der Waals surface area contributed by atoms with Gasteiger partial charge in [-0.1, -0.05) is 6.92 Å². The van der Waals surface area contributed by atoms with Crippen molar-refractivity contribution in [3.05, 3.63) is 0 Å². The molecule has 11 heavy (non-hydrogen) atoms. The van der Waals surface area contributed by atoms with Crippen molar-refractivity contribution in [1.29, 1.82) is 5.41 Å². The summed E-state index contributed by atoms with van der Waals surface area (Å²) in [4.78, 5) is 10.8. The molecule has 1 atom stereocenters. The van der Waals surface area contributed by atoms with Crippen LogP contribution in [-0.2, 0) is 14.2 Å². The Hall–Kier alpha value is -0.995. The number of carbonyl (C=O) groups excluding carboxylic acids is 1. The van der Waals surface area contributed by atoms with Crippen LogP contribution >= 0.6 is 0 Å². The van der Waals surface area contributed by atoms with Crippen LogP contribution in [0.15, 0.2) is 0 Å². The zero-order chi connectivity index (χ0) is 8.69. The van der Waals surface area contributed by atoms with Crippen LogP contribution in [0.4, 0.5) is 0 Å². The summed E-state index contributed by atoms with van der Waals surface area (Å²) in [5.74, 6) is -0.712. The predicted octanol–water partition coefficient (Wildman–Crippen LogP) is 0.601. The molecule has 1 radical (unpaired) electrons. The minimum Gasteiger partial charge on any atom is -0.555 e. The van der Waals surface area contributed by atoms with Crippen molar-refractivity contribution in [3.8, 4) is 0 Å². The summed E-state index contributed by atoms with van der Waals surface area (Å²) in [5, 5.41) is 6.54. The van der Waals surface area contributed by atoms with Gasteiger partial charge in [0.1, 0.15) is 6.40 Å². The fourth-order valence-electron chi connectivity index (χ4n) is 0.604. The van der Waals surface area contributed by atoms with Crippen molar-refractivity contribution < 1.29 is 14.2 Å². The monoisotopic (exact) mass is 156 g/mol.